The summed E-state index contributed by atoms with van der Waals surface area (Å²) in [5.41, 5.74) is 2.85. The summed E-state index contributed by atoms with van der Waals surface area (Å²) in [5, 5.41) is 5.61. The summed E-state index contributed by atoms with van der Waals surface area (Å²) in [4.78, 5) is 39.8. The van der Waals surface area contributed by atoms with Crippen LogP contribution >= 0.6 is 11.6 Å². The molecule has 0 atom stereocenters. The minimum Gasteiger partial charge on any atom is -0.489 e. The number of hydrogen-bond acceptors (Lipinski definition) is 5. The molecule has 0 spiro atoms. The van der Waals surface area contributed by atoms with E-state index in [9.17, 15) is 14.4 Å². The van der Waals surface area contributed by atoms with Gasteiger partial charge >= 0.3 is 0 Å². The third-order valence-electron chi connectivity index (χ3n) is 5.56. The van der Waals surface area contributed by atoms with E-state index < -0.39 is 11.8 Å². The lowest BCUT2D eigenvalue weighted by Crippen LogP contribution is -2.33. The van der Waals surface area contributed by atoms with Gasteiger partial charge in [0, 0.05) is 11.3 Å². The number of anilines is 3. The average molecular weight is 504 g/mol. The first kappa shape index (κ1) is 25.0. The van der Waals surface area contributed by atoms with E-state index in [1.165, 1.54) is 0 Å². The quantitative estimate of drug-likeness (QED) is 0.384. The van der Waals surface area contributed by atoms with Crippen LogP contribution in [-0.2, 0) is 16.0 Å². The lowest BCUT2D eigenvalue weighted by Gasteiger charge is -2.18. The fourth-order valence-electron chi connectivity index (χ4n) is 3.83. The van der Waals surface area contributed by atoms with E-state index in [-0.39, 0.29) is 22.7 Å². The van der Waals surface area contributed by atoms with Crippen LogP contribution in [0.1, 0.15) is 36.7 Å². The van der Waals surface area contributed by atoms with Crippen molar-refractivity contribution >= 4 is 46.4 Å². The van der Waals surface area contributed by atoms with E-state index in [2.05, 4.69) is 10.6 Å². The summed E-state index contributed by atoms with van der Waals surface area (Å²) in [7, 11) is 0. The molecule has 3 aromatic rings. The number of hydrogen-bond donors (Lipinski definition) is 2. The van der Waals surface area contributed by atoms with Gasteiger partial charge in [-0.25, -0.2) is 4.90 Å². The van der Waals surface area contributed by atoms with Crippen molar-refractivity contribution < 1.29 is 19.1 Å². The molecule has 1 aliphatic heterocycles. The highest BCUT2D eigenvalue weighted by molar-refractivity contribution is 6.53. The van der Waals surface area contributed by atoms with E-state index in [0.29, 0.717) is 34.8 Å². The average Bonchev–Trinajstić information content (AvgIpc) is 3.08. The number of para-hydroxylation sites is 3. The molecule has 3 aromatic carbocycles. The molecule has 0 bridgehead atoms. The topological polar surface area (TPSA) is 87.7 Å². The van der Waals surface area contributed by atoms with Crippen molar-refractivity contribution in [2.45, 2.75) is 33.3 Å². The molecule has 0 unspecified atom stereocenters. The van der Waals surface area contributed by atoms with Gasteiger partial charge in [-0.3, -0.25) is 14.4 Å². The lowest BCUT2D eigenvalue weighted by atomic mass is 10.1. The Balaban J connectivity index is 1.49. The molecule has 2 N–H and O–H groups in total. The molecule has 1 aliphatic rings. The van der Waals surface area contributed by atoms with Crippen LogP contribution in [0, 0.1) is 0 Å². The minimum atomic E-state index is -0.580. The molecule has 4 rings (SSSR count). The third-order valence-corrected chi connectivity index (χ3v) is 5.91. The van der Waals surface area contributed by atoms with Crippen LogP contribution in [-0.4, -0.2) is 23.8 Å². The first-order valence-electron chi connectivity index (χ1n) is 11.6. The zero-order valence-corrected chi connectivity index (χ0v) is 20.9. The highest BCUT2D eigenvalue weighted by Gasteiger charge is 2.39. The molecule has 0 fully saturated rings. The molecule has 1 heterocycles. The van der Waals surface area contributed by atoms with E-state index in [0.717, 1.165) is 10.5 Å². The molecular formula is C28H26ClN3O4. The Morgan fingerprint density at radius 3 is 2.31 bits per heavy atom. The maximum atomic E-state index is 13.1. The molecule has 36 heavy (non-hydrogen) atoms. The molecule has 0 saturated heterocycles. The Hall–Kier alpha value is -4.10. The molecule has 0 aromatic heterocycles. The summed E-state index contributed by atoms with van der Waals surface area (Å²) in [6, 6.07) is 20.9. The van der Waals surface area contributed by atoms with Crippen LogP contribution in [0.2, 0.25) is 0 Å². The second-order valence-corrected chi connectivity index (χ2v) is 8.81. The number of imide groups is 1. The number of amides is 3. The molecule has 0 aliphatic carbocycles. The Morgan fingerprint density at radius 2 is 1.61 bits per heavy atom. The lowest BCUT2D eigenvalue weighted by molar-refractivity contribution is -0.120. The van der Waals surface area contributed by atoms with Gasteiger partial charge in [0.25, 0.3) is 17.7 Å². The van der Waals surface area contributed by atoms with Crippen LogP contribution in [0.25, 0.3) is 0 Å². The Bertz CT molecular complexity index is 1350. The number of carbonyl (C=O) groups excluding carboxylic acids is 3. The SMILES string of the molecule is CCc1ccccc1N1C(=O)C(Cl)=C(Nc2ccc(C(=O)Nc3ccccc3OC(C)C)cc2)C1=O. The summed E-state index contributed by atoms with van der Waals surface area (Å²) in [5.74, 6) is -0.842. The van der Waals surface area contributed by atoms with Gasteiger partial charge in [-0.15, -0.1) is 0 Å². The van der Waals surface area contributed by atoms with Crippen LogP contribution in [0.3, 0.4) is 0 Å². The van der Waals surface area contributed by atoms with Gasteiger partial charge in [-0.2, -0.15) is 0 Å². The first-order valence-corrected chi connectivity index (χ1v) is 12.0. The smallest absolute Gasteiger partial charge is 0.283 e. The number of rotatable bonds is 8. The monoisotopic (exact) mass is 503 g/mol. The molecule has 184 valence electrons. The Kier molecular flexibility index (Phi) is 7.41. The molecule has 0 radical (unpaired) electrons. The Morgan fingerprint density at radius 1 is 0.944 bits per heavy atom. The van der Waals surface area contributed by atoms with Crippen LogP contribution < -0.4 is 20.3 Å². The van der Waals surface area contributed by atoms with Crippen molar-refractivity contribution in [3.05, 3.63) is 94.7 Å². The van der Waals surface area contributed by atoms with Gasteiger partial charge < -0.3 is 15.4 Å². The fourth-order valence-corrected chi connectivity index (χ4v) is 4.04. The zero-order chi connectivity index (χ0) is 25.8. The Labute approximate surface area is 214 Å². The number of carbonyl (C=O) groups is 3. The van der Waals surface area contributed by atoms with Crippen LogP contribution in [0.15, 0.2) is 83.5 Å². The number of aryl methyl sites for hydroxylation is 1. The second kappa shape index (κ2) is 10.7. The summed E-state index contributed by atoms with van der Waals surface area (Å²) < 4.78 is 5.75. The first-order chi connectivity index (χ1) is 17.3. The molecule has 3 amide bonds. The van der Waals surface area contributed by atoms with Crippen molar-refractivity contribution in [3.8, 4) is 5.75 Å². The van der Waals surface area contributed by atoms with E-state index in [1.807, 2.05) is 45.0 Å². The van der Waals surface area contributed by atoms with Gasteiger partial charge in [0.05, 0.1) is 17.5 Å². The number of nitrogens with zero attached hydrogens (tertiary/aromatic N) is 1. The molecule has 7 nitrogen and oxygen atoms in total. The second-order valence-electron chi connectivity index (χ2n) is 8.44. The van der Waals surface area contributed by atoms with Crippen LogP contribution in [0.4, 0.5) is 17.1 Å². The molecule has 8 heteroatoms. The zero-order valence-electron chi connectivity index (χ0n) is 20.2. The van der Waals surface area contributed by atoms with Crippen molar-refractivity contribution in [2.75, 3.05) is 15.5 Å². The fraction of sp³-hybridized carbons (Fsp3) is 0.179. The van der Waals surface area contributed by atoms with E-state index in [1.54, 1.807) is 48.5 Å². The van der Waals surface area contributed by atoms with Gasteiger partial charge in [-0.1, -0.05) is 48.9 Å². The highest BCUT2D eigenvalue weighted by atomic mass is 35.5. The predicted octanol–water partition coefficient (Wildman–Crippen LogP) is 5.72. The molecule has 0 saturated carbocycles. The van der Waals surface area contributed by atoms with Gasteiger partial charge in [-0.05, 0) is 68.3 Å². The summed E-state index contributed by atoms with van der Waals surface area (Å²) in [6.07, 6.45) is 0.622. The molecular weight excluding hydrogens is 478 g/mol. The van der Waals surface area contributed by atoms with E-state index in [4.69, 9.17) is 16.3 Å². The van der Waals surface area contributed by atoms with Crippen molar-refractivity contribution in [3.63, 3.8) is 0 Å². The number of benzene rings is 3. The maximum Gasteiger partial charge on any atom is 0.283 e. The predicted molar refractivity (Wildman–Crippen MR) is 141 cm³/mol. The number of halogens is 1. The maximum absolute atomic E-state index is 13.1. The normalized spacial score (nSPS) is 13.4. The van der Waals surface area contributed by atoms with Gasteiger partial charge in [0.1, 0.15) is 16.5 Å². The highest BCUT2D eigenvalue weighted by Crippen LogP contribution is 2.32. The van der Waals surface area contributed by atoms with Crippen LogP contribution in [0.5, 0.6) is 5.75 Å². The summed E-state index contributed by atoms with van der Waals surface area (Å²) in [6.45, 7) is 5.78. The largest absolute Gasteiger partial charge is 0.489 e. The standard InChI is InChI=1S/C28H26ClN3O4/c1-4-18-9-5-7-11-22(18)32-27(34)24(29)25(28(32)35)30-20-15-13-19(14-16-20)26(33)31-21-10-6-8-12-23(21)36-17(2)3/h5-17,30H,4H2,1-3H3,(H,31,33). The van der Waals surface area contributed by atoms with E-state index >= 15 is 0 Å². The van der Waals surface area contributed by atoms with Gasteiger partial charge in [0.15, 0.2) is 0 Å². The third kappa shape index (κ3) is 5.11. The van der Waals surface area contributed by atoms with Crippen molar-refractivity contribution in [2.24, 2.45) is 0 Å². The van der Waals surface area contributed by atoms with Crippen molar-refractivity contribution in [1.29, 1.82) is 0 Å². The minimum absolute atomic E-state index is 0.00969. The van der Waals surface area contributed by atoms with Crippen molar-refractivity contribution in [1.82, 2.24) is 0 Å². The number of ether oxygens (including phenoxy) is 1. The number of nitrogens with one attached hydrogen (secondary N) is 2. The summed E-state index contributed by atoms with van der Waals surface area (Å²) >= 11 is 6.27. The van der Waals surface area contributed by atoms with Gasteiger partial charge in [0.2, 0.25) is 0 Å².